The number of halogens is 1. The maximum atomic E-state index is 13.2. The fourth-order valence-corrected chi connectivity index (χ4v) is 2.11. The van der Waals surface area contributed by atoms with Gasteiger partial charge in [0.2, 0.25) is 0 Å². The minimum atomic E-state index is -0.234. The molecular formula is C12H16FNO. The van der Waals surface area contributed by atoms with Crippen LogP contribution in [0.15, 0.2) is 12.1 Å². The lowest BCUT2D eigenvalue weighted by atomic mass is 10.00. The van der Waals surface area contributed by atoms with Crippen molar-refractivity contribution in [3.8, 4) is 5.75 Å². The normalized spacial score (nSPS) is 23.7. The highest BCUT2D eigenvalue weighted by Gasteiger charge is 2.32. The van der Waals surface area contributed by atoms with Gasteiger partial charge in [0.1, 0.15) is 17.7 Å². The Balaban J connectivity index is 2.36. The van der Waals surface area contributed by atoms with E-state index in [0.29, 0.717) is 0 Å². The molecule has 0 aromatic heterocycles. The van der Waals surface area contributed by atoms with Crippen LogP contribution >= 0.6 is 0 Å². The van der Waals surface area contributed by atoms with Gasteiger partial charge in [0, 0.05) is 5.56 Å². The molecule has 0 radical (unpaired) electrons. The molecule has 1 aliphatic heterocycles. The lowest BCUT2D eigenvalue weighted by Crippen LogP contribution is -2.24. The van der Waals surface area contributed by atoms with Crippen LogP contribution in [0, 0.1) is 12.7 Å². The van der Waals surface area contributed by atoms with Crippen molar-refractivity contribution in [2.75, 3.05) is 0 Å². The maximum Gasteiger partial charge on any atom is 0.127 e. The predicted molar refractivity (Wildman–Crippen MR) is 57.4 cm³/mol. The molecule has 82 valence electrons. The van der Waals surface area contributed by atoms with Gasteiger partial charge in [-0.2, -0.15) is 0 Å². The molecule has 0 amide bonds. The number of fused-ring (bicyclic) bond motifs is 1. The summed E-state index contributed by atoms with van der Waals surface area (Å²) < 4.78 is 19.0. The first-order chi connectivity index (χ1) is 7.13. The molecule has 1 aromatic rings. The SMILES string of the molecule is CCCC1Oc2c(C)cc(F)cc2C1N. The Morgan fingerprint density at radius 2 is 2.20 bits per heavy atom. The van der Waals surface area contributed by atoms with E-state index >= 15 is 0 Å². The Hall–Kier alpha value is -1.09. The first kappa shape index (κ1) is 10.4. The molecule has 1 heterocycles. The molecule has 1 aromatic carbocycles. The van der Waals surface area contributed by atoms with Gasteiger partial charge >= 0.3 is 0 Å². The number of hydrogen-bond donors (Lipinski definition) is 1. The molecule has 0 saturated carbocycles. The highest BCUT2D eigenvalue weighted by molar-refractivity contribution is 5.46. The molecule has 15 heavy (non-hydrogen) atoms. The number of aryl methyl sites for hydroxylation is 1. The number of hydrogen-bond acceptors (Lipinski definition) is 2. The molecule has 3 heteroatoms. The van der Waals surface area contributed by atoms with Gasteiger partial charge in [0.05, 0.1) is 6.04 Å². The van der Waals surface area contributed by atoms with Crippen LogP contribution < -0.4 is 10.5 Å². The first-order valence-corrected chi connectivity index (χ1v) is 5.35. The Bertz CT molecular complexity index is 378. The van der Waals surface area contributed by atoms with Gasteiger partial charge in [0.15, 0.2) is 0 Å². The van der Waals surface area contributed by atoms with Crippen molar-refractivity contribution in [3.63, 3.8) is 0 Å². The summed E-state index contributed by atoms with van der Waals surface area (Å²) in [4.78, 5) is 0. The summed E-state index contributed by atoms with van der Waals surface area (Å²) in [5.74, 6) is 0.546. The van der Waals surface area contributed by atoms with Crippen LogP contribution in [0.1, 0.15) is 36.9 Å². The molecule has 0 saturated heterocycles. The minimum Gasteiger partial charge on any atom is -0.488 e. The zero-order chi connectivity index (χ0) is 11.0. The summed E-state index contributed by atoms with van der Waals surface area (Å²) in [5.41, 5.74) is 7.67. The van der Waals surface area contributed by atoms with Crippen molar-refractivity contribution < 1.29 is 9.13 Å². The van der Waals surface area contributed by atoms with Crippen LogP contribution in [0.5, 0.6) is 5.75 Å². The lowest BCUT2D eigenvalue weighted by molar-refractivity contribution is 0.194. The highest BCUT2D eigenvalue weighted by Crippen LogP contribution is 2.39. The lowest BCUT2D eigenvalue weighted by Gasteiger charge is -2.13. The van der Waals surface area contributed by atoms with Gasteiger partial charge in [-0.1, -0.05) is 13.3 Å². The third-order valence-corrected chi connectivity index (χ3v) is 2.87. The first-order valence-electron chi connectivity index (χ1n) is 5.35. The van der Waals surface area contributed by atoms with E-state index in [-0.39, 0.29) is 18.0 Å². The van der Waals surface area contributed by atoms with Gasteiger partial charge in [-0.05, 0) is 31.0 Å². The van der Waals surface area contributed by atoms with Gasteiger partial charge in [-0.15, -0.1) is 0 Å². The van der Waals surface area contributed by atoms with E-state index in [4.69, 9.17) is 10.5 Å². The summed E-state index contributed by atoms with van der Waals surface area (Å²) in [6, 6.07) is 2.79. The summed E-state index contributed by atoms with van der Waals surface area (Å²) in [6.07, 6.45) is 1.94. The van der Waals surface area contributed by atoms with E-state index in [1.807, 2.05) is 6.92 Å². The smallest absolute Gasteiger partial charge is 0.127 e. The van der Waals surface area contributed by atoms with E-state index < -0.39 is 0 Å². The second-order valence-corrected chi connectivity index (χ2v) is 4.11. The van der Waals surface area contributed by atoms with E-state index in [1.165, 1.54) is 12.1 Å². The highest BCUT2D eigenvalue weighted by atomic mass is 19.1. The number of ether oxygens (including phenoxy) is 1. The van der Waals surface area contributed by atoms with Crippen molar-refractivity contribution in [3.05, 3.63) is 29.1 Å². The van der Waals surface area contributed by atoms with E-state index in [1.54, 1.807) is 0 Å². The molecule has 0 aliphatic carbocycles. The van der Waals surface area contributed by atoms with Crippen molar-refractivity contribution in [2.45, 2.75) is 38.8 Å². The summed E-state index contributed by atoms with van der Waals surface area (Å²) in [7, 11) is 0. The maximum absolute atomic E-state index is 13.2. The Labute approximate surface area is 89.2 Å². The number of nitrogens with two attached hydrogens (primary N) is 1. The fourth-order valence-electron chi connectivity index (χ4n) is 2.11. The zero-order valence-electron chi connectivity index (χ0n) is 9.09. The van der Waals surface area contributed by atoms with Crippen molar-refractivity contribution in [2.24, 2.45) is 5.73 Å². The third kappa shape index (κ3) is 1.72. The molecule has 0 fully saturated rings. The molecule has 2 rings (SSSR count). The Morgan fingerprint density at radius 3 is 2.87 bits per heavy atom. The van der Waals surface area contributed by atoms with E-state index in [9.17, 15) is 4.39 Å². The Kier molecular flexibility index (Phi) is 2.65. The van der Waals surface area contributed by atoms with Crippen LogP contribution in [0.2, 0.25) is 0 Å². The van der Waals surface area contributed by atoms with Crippen LogP contribution in [-0.4, -0.2) is 6.10 Å². The van der Waals surface area contributed by atoms with Gasteiger partial charge in [-0.25, -0.2) is 4.39 Å². The standard InChI is InChI=1S/C12H16FNO/c1-3-4-10-11(14)9-6-8(13)5-7(2)12(9)15-10/h5-6,10-11H,3-4,14H2,1-2H3. The number of benzene rings is 1. The quantitative estimate of drug-likeness (QED) is 0.812. The third-order valence-electron chi connectivity index (χ3n) is 2.87. The van der Waals surface area contributed by atoms with Crippen LogP contribution in [0.4, 0.5) is 4.39 Å². The number of rotatable bonds is 2. The molecule has 1 aliphatic rings. The van der Waals surface area contributed by atoms with Gasteiger partial charge in [-0.3, -0.25) is 0 Å². The molecule has 2 atom stereocenters. The minimum absolute atomic E-state index is 0.00509. The van der Waals surface area contributed by atoms with E-state index in [0.717, 1.165) is 29.7 Å². The zero-order valence-corrected chi connectivity index (χ0v) is 9.09. The molecule has 0 spiro atoms. The van der Waals surface area contributed by atoms with Crippen molar-refractivity contribution in [1.29, 1.82) is 0 Å². The second kappa shape index (κ2) is 3.81. The van der Waals surface area contributed by atoms with Crippen LogP contribution in [0.25, 0.3) is 0 Å². The van der Waals surface area contributed by atoms with Gasteiger partial charge in [0.25, 0.3) is 0 Å². The molecule has 2 unspecified atom stereocenters. The molecular weight excluding hydrogens is 193 g/mol. The van der Waals surface area contributed by atoms with Crippen LogP contribution in [-0.2, 0) is 0 Å². The molecule has 2 N–H and O–H groups in total. The molecule has 0 bridgehead atoms. The second-order valence-electron chi connectivity index (χ2n) is 4.11. The Morgan fingerprint density at radius 1 is 1.47 bits per heavy atom. The van der Waals surface area contributed by atoms with Crippen molar-refractivity contribution in [1.82, 2.24) is 0 Å². The fraction of sp³-hybridized carbons (Fsp3) is 0.500. The van der Waals surface area contributed by atoms with Gasteiger partial charge < -0.3 is 10.5 Å². The molecule has 2 nitrogen and oxygen atoms in total. The topological polar surface area (TPSA) is 35.2 Å². The predicted octanol–water partition coefficient (Wildman–Crippen LogP) is 2.70. The monoisotopic (exact) mass is 209 g/mol. The van der Waals surface area contributed by atoms with Crippen molar-refractivity contribution >= 4 is 0 Å². The van der Waals surface area contributed by atoms with Crippen LogP contribution in [0.3, 0.4) is 0 Å². The largest absolute Gasteiger partial charge is 0.488 e. The summed E-state index contributed by atoms with van der Waals surface area (Å²) in [6.45, 7) is 3.94. The average Bonchev–Trinajstić information content (AvgIpc) is 2.47. The summed E-state index contributed by atoms with van der Waals surface area (Å²) in [5, 5.41) is 0. The average molecular weight is 209 g/mol. The van der Waals surface area contributed by atoms with E-state index in [2.05, 4.69) is 6.92 Å². The summed E-state index contributed by atoms with van der Waals surface area (Å²) >= 11 is 0.